The summed E-state index contributed by atoms with van der Waals surface area (Å²) in [7, 11) is 1.91. The number of nitrogens with zero attached hydrogens (tertiary/aromatic N) is 6. The van der Waals surface area contributed by atoms with Crippen LogP contribution in [-0.2, 0) is 20.0 Å². The predicted molar refractivity (Wildman–Crippen MR) is 101 cm³/mol. The van der Waals surface area contributed by atoms with Crippen molar-refractivity contribution in [1.29, 1.82) is 0 Å². The molecular weight excluding hydrogens is 342 g/mol. The van der Waals surface area contributed by atoms with Gasteiger partial charge in [0.2, 0.25) is 0 Å². The van der Waals surface area contributed by atoms with Gasteiger partial charge in [0.05, 0.1) is 11.4 Å². The van der Waals surface area contributed by atoms with Gasteiger partial charge in [0.25, 0.3) is 0 Å². The van der Waals surface area contributed by atoms with Crippen LogP contribution in [0.2, 0.25) is 0 Å². The summed E-state index contributed by atoms with van der Waals surface area (Å²) in [6.07, 6.45) is 9.65. The quantitative estimate of drug-likeness (QED) is 0.902. The van der Waals surface area contributed by atoms with E-state index in [1.165, 1.54) is 25.7 Å². The predicted octanol–water partition coefficient (Wildman–Crippen LogP) is 2.64. The van der Waals surface area contributed by atoms with E-state index in [2.05, 4.69) is 25.2 Å². The highest BCUT2D eigenvalue weighted by molar-refractivity contribution is 5.90. The van der Waals surface area contributed by atoms with Crippen molar-refractivity contribution in [2.24, 2.45) is 7.05 Å². The second-order valence-corrected chi connectivity index (χ2v) is 8.15. The van der Waals surface area contributed by atoms with E-state index in [-0.39, 0.29) is 6.03 Å². The molecule has 1 saturated heterocycles. The fraction of sp³-hybridized carbons (Fsp3) is 0.684. The van der Waals surface area contributed by atoms with E-state index in [0.717, 1.165) is 61.9 Å². The summed E-state index contributed by atoms with van der Waals surface area (Å²) in [6.45, 7) is 2.57. The highest BCUT2D eigenvalue weighted by atomic mass is 16.2. The zero-order chi connectivity index (χ0) is 18.4. The van der Waals surface area contributed by atoms with Crippen molar-refractivity contribution < 1.29 is 4.79 Å². The Morgan fingerprint density at radius 3 is 2.67 bits per heavy atom. The normalized spacial score (nSPS) is 20.6. The minimum atomic E-state index is -0.00776. The first-order valence-corrected chi connectivity index (χ1v) is 10.2. The molecule has 1 saturated carbocycles. The highest BCUT2D eigenvalue weighted by Crippen LogP contribution is 2.42. The zero-order valence-electron chi connectivity index (χ0n) is 15.9. The number of carbonyl (C=O) groups excluding carboxylic acids is 1. The minimum absolute atomic E-state index is 0.00776. The van der Waals surface area contributed by atoms with Crippen molar-refractivity contribution in [3.8, 4) is 0 Å². The first-order valence-electron chi connectivity index (χ1n) is 10.2. The third kappa shape index (κ3) is 3.21. The fourth-order valence-corrected chi connectivity index (χ4v) is 4.43. The van der Waals surface area contributed by atoms with Gasteiger partial charge in [0.15, 0.2) is 0 Å². The Bertz CT molecular complexity index is 842. The third-order valence-electron chi connectivity index (χ3n) is 6.10. The molecule has 8 nitrogen and oxygen atoms in total. The van der Waals surface area contributed by atoms with Crippen molar-refractivity contribution in [2.75, 3.05) is 18.4 Å². The number of piperidine rings is 1. The molecule has 8 heteroatoms. The van der Waals surface area contributed by atoms with E-state index in [9.17, 15) is 4.79 Å². The molecule has 2 aromatic rings. The average Bonchev–Trinajstić information content (AvgIpc) is 3.34. The maximum absolute atomic E-state index is 12.7. The number of anilines is 1. The van der Waals surface area contributed by atoms with Gasteiger partial charge in [-0.1, -0.05) is 0 Å². The van der Waals surface area contributed by atoms with E-state index < -0.39 is 0 Å². The summed E-state index contributed by atoms with van der Waals surface area (Å²) >= 11 is 0. The molecule has 0 radical (unpaired) electrons. The minimum Gasteiger partial charge on any atom is -0.324 e. The van der Waals surface area contributed by atoms with Gasteiger partial charge in [-0.3, -0.25) is 4.68 Å². The summed E-state index contributed by atoms with van der Waals surface area (Å²) in [5.41, 5.74) is 1.91. The van der Waals surface area contributed by atoms with Gasteiger partial charge < -0.3 is 14.8 Å². The molecule has 3 aliphatic rings. The Balaban J connectivity index is 1.22. The molecule has 5 rings (SSSR count). The zero-order valence-corrected chi connectivity index (χ0v) is 15.9. The lowest BCUT2D eigenvalue weighted by molar-refractivity contribution is 0.192. The summed E-state index contributed by atoms with van der Waals surface area (Å²) in [5.74, 6) is 3.20. The maximum atomic E-state index is 12.7. The second kappa shape index (κ2) is 6.65. The molecule has 0 atom stereocenters. The van der Waals surface area contributed by atoms with Crippen molar-refractivity contribution in [2.45, 2.75) is 63.3 Å². The van der Waals surface area contributed by atoms with Gasteiger partial charge in [0, 0.05) is 51.1 Å². The van der Waals surface area contributed by atoms with Crippen LogP contribution >= 0.6 is 0 Å². The van der Waals surface area contributed by atoms with Crippen molar-refractivity contribution >= 4 is 11.7 Å². The molecule has 0 aromatic carbocycles. The van der Waals surface area contributed by atoms with Crippen molar-refractivity contribution in [3.63, 3.8) is 0 Å². The number of nitrogens with one attached hydrogen (secondary N) is 1. The summed E-state index contributed by atoms with van der Waals surface area (Å²) < 4.78 is 4.12. The number of fused-ring (bicyclic) bond motifs is 1. The third-order valence-corrected chi connectivity index (χ3v) is 6.10. The summed E-state index contributed by atoms with van der Waals surface area (Å²) in [4.78, 5) is 14.7. The largest absolute Gasteiger partial charge is 0.324 e. The Morgan fingerprint density at radius 1 is 1.07 bits per heavy atom. The Kier molecular flexibility index (Phi) is 4.13. The van der Waals surface area contributed by atoms with Gasteiger partial charge in [-0.05, 0) is 38.5 Å². The van der Waals surface area contributed by atoms with Crippen LogP contribution < -0.4 is 5.32 Å². The first kappa shape index (κ1) is 16.8. The summed E-state index contributed by atoms with van der Waals surface area (Å²) in [6, 6.07) is -0.00776. The van der Waals surface area contributed by atoms with Crippen LogP contribution in [0, 0.1) is 0 Å². The van der Waals surface area contributed by atoms with E-state index >= 15 is 0 Å². The number of carbonyl (C=O) groups is 1. The molecule has 2 aliphatic heterocycles. The lowest BCUT2D eigenvalue weighted by atomic mass is 9.95. The number of likely N-dealkylation sites (tertiary alicyclic amines) is 1. The molecular formula is C19H27N7O. The van der Waals surface area contributed by atoms with E-state index in [0.29, 0.717) is 11.8 Å². The Morgan fingerprint density at radius 2 is 1.89 bits per heavy atom. The maximum Gasteiger partial charge on any atom is 0.321 e. The van der Waals surface area contributed by atoms with Gasteiger partial charge in [-0.25, -0.2) is 4.79 Å². The lowest BCUT2D eigenvalue weighted by Crippen LogP contribution is -2.41. The highest BCUT2D eigenvalue weighted by Gasteiger charge is 2.32. The first-order chi connectivity index (χ1) is 13.2. The standard InChI is InChI=1S/C19H27N7O/c1-24-12-15(17(23-24)13-5-6-13)20-19(27)25-10-7-14(8-11-25)18-22-21-16-4-2-3-9-26(16)18/h12-14H,2-11H2,1H3,(H,20,27). The van der Waals surface area contributed by atoms with Crippen LogP contribution in [0.5, 0.6) is 0 Å². The second-order valence-electron chi connectivity index (χ2n) is 8.15. The smallest absolute Gasteiger partial charge is 0.321 e. The topological polar surface area (TPSA) is 80.9 Å². The van der Waals surface area contributed by atoms with E-state index in [1.807, 2.05) is 18.1 Å². The lowest BCUT2D eigenvalue weighted by Gasteiger charge is -2.32. The molecule has 1 aliphatic carbocycles. The number of aryl methyl sites for hydroxylation is 2. The van der Waals surface area contributed by atoms with Crippen LogP contribution in [0.3, 0.4) is 0 Å². The summed E-state index contributed by atoms with van der Waals surface area (Å²) in [5, 5.41) is 16.5. The number of hydrogen-bond acceptors (Lipinski definition) is 4. The van der Waals surface area contributed by atoms with Crippen molar-refractivity contribution in [1.82, 2.24) is 29.4 Å². The van der Waals surface area contributed by atoms with E-state index in [1.54, 1.807) is 4.68 Å². The van der Waals surface area contributed by atoms with Crippen molar-refractivity contribution in [3.05, 3.63) is 23.5 Å². The molecule has 144 valence electrons. The molecule has 4 heterocycles. The molecule has 0 spiro atoms. The van der Waals surface area contributed by atoms with Gasteiger partial charge >= 0.3 is 6.03 Å². The van der Waals surface area contributed by atoms with Crippen LogP contribution in [0.25, 0.3) is 0 Å². The van der Waals surface area contributed by atoms with Crippen LogP contribution in [0.4, 0.5) is 10.5 Å². The Hall–Kier alpha value is -2.38. The molecule has 2 amide bonds. The molecule has 2 aromatic heterocycles. The fourth-order valence-electron chi connectivity index (χ4n) is 4.43. The average molecular weight is 369 g/mol. The van der Waals surface area contributed by atoms with Gasteiger partial charge in [0.1, 0.15) is 11.6 Å². The molecule has 0 bridgehead atoms. The molecule has 1 N–H and O–H groups in total. The van der Waals surface area contributed by atoms with Gasteiger partial charge in [-0.2, -0.15) is 5.10 Å². The van der Waals surface area contributed by atoms with Crippen LogP contribution in [0.15, 0.2) is 6.20 Å². The molecule has 27 heavy (non-hydrogen) atoms. The van der Waals surface area contributed by atoms with Gasteiger partial charge in [-0.15, -0.1) is 10.2 Å². The van der Waals surface area contributed by atoms with Crippen LogP contribution in [-0.4, -0.2) is 48.6 Å². The van der Waals surface area contributed by atoms with Crippen LogP contribution in [0.1, 0.15) is 67.7 Å². The van der Waals surface area contributed by atoms with E-state index in [4.69, 9.17) is 0 Å². The number of amides is 2. The Labute approximate surface area is 158 Å². The number of urea groups is 1. The SMILES string of the molecule is Cn1cc(NC(=O)N2CCC(c3nnc4n3CCCC4)CC2)c(C2CC2)n1. The number of hydrogen-bond donors (Lipinski definition) is 1. The number of rotatable bonds is 3. The molecule has 0 unspecified atom stereocenters. The number of aromatic nitrogens is 5. The molecule has 2 fully saturated rings. The monoisotopic (exact) mass is 369 g/mol.